The first-order chi connectivity index (χ1) is 8.00. The molecule has 1 heterocycles. The molecule has 1 fully saturated rings. The van der Waals surface area contributed by atoms with Crippen molar-refractivity contribution in [1.29, 1.82) is 0 Å². The highest BCUT2D eigenvalue weighted by Crippen LogP contribution is 2.29. The van der Waals surface area contributed by atoms with Gasteiger partial charge in [-0.3, -0.25) is 10.2 Å². The first-order valence-corrected chi connectivity index (χ1v) is 5.19. The van der Waals surface area contributed by atoms with Gasteiger partial charge >= 0.3 is 5.97 Å². The van der Waals surface area contributed by atoms with Crippen LogP contribution in [0.15, 0.2) is 18.2 Å². The van der Waals surface area contributed by atoms with Gasteiger partial charge in [0.1, 0.15) is 17.7 Å². The number of carbonyl (C=O) groups is 1. The Kier molecular flexibility index (Phi) is 3.08. The summed E-state index contributed by atoms with van der Waals surface area (Å²) in [5.74, 6) is -3.05. The van der Waals surface area contributed by atoms with Gasteiger partial charge in [-0.25, -0.2) is 14.2 Å². The lowest BCUT2D eigenvalue weighted by Crippen LogP contribution is -2.38. The molecule has 1 aromatic rings. The van der Waals surface area contributed by atoms with E-state index < -0.39 is 29.6 Å². The summed E-state index contributed by atoms with van der Waals surface area (Å²) >= 11 is 0. The molecule has 0 aliphatic carbocycles. The van der Waals surface area contributed by atoms with Crippen LogP contribution in [0, 0.1) is 11.6 Å². The van der Waals surface area contributed by atoms with Gasteiger partial charge in [0.05, 0.1) is 0 Å². The molecular weight excluding hydrogens is 230 g/mol. The average molecular weight is 242 g/mol. The number of hydrazine groups is 1. The van der Waals surface area contributed by atoms with E-state index in [4.69, 9.17) is 5.11 Å². The van der Waals surface area contributed by atoms with Gasteiger partial charge in [-0.05, 0) is 18.6 Å². The van der Waals surface area contributed by atoms with E-state index in [1.54, 1.807) is 6.92 Å². The van der Waals surface area contributed by atoms with Crippen LogP contribution in [-0.2, 0) is 4.79 Å². The predicted molar refractivity (Wildman–Crippen MR) is 56.3 cm³/mol. The third-order valence-electron chi connectivity index (χ3n) is 2.95. The van der Waals surface area contributed by atoms with Gasteiger partial charge in [0.15, 0.2) is 0 Å². The number of nitrogens with one attached hydrogen (secondary N) is 2. The summed E-state index contributed by atoms with van der Waals surface area (Å²) in [5, 5.41) is 9.01. The number of aliphatic carboxylic acids is 1. The maximum Gasteiger partial charge on any atom is 0.322 e. The molecule has 0 bridgehead atoms. The Balaban J connectivity index is 2.39. The molecule has 1 aromatic carbocycles. The normalized spacial score (nSPS) is 28.3. The van der Waals surface area contributed by atoms with Crippen LogP contribution in [-0.4, -0.2) is 23.2 Å². The molecule has 2 rings (SSSR count). The number of hydrogen-bond acceptors (Lipinski definition) is 3. The largest absolute Gasteiger partial charge is 0.480 e. The standard InChI is InChI=1S/C11H12F2N2O2/c1-5-9(10(11(16)17)15-14-5)7-3-2-6(12)4-8(7)13/h2-5,9-10,14-15H,1H3,(H,16,17). The van der Waals surface area contributed by atoms with Gasteiger partial charge in [0.2, 0.25) is 0 Å². The van der Waals surface area contributed by atoms with Crippen LogP contribution in [0.25, 0.3) is 0 Å². The average Bonchev–Trinajstić information content (AvgIpc) is 2.60. The molecule has 17 heavy (non-hydrogen) atoms. The molecule has 92 valence electrons. The van der Waals surface area contributed by atoms with E-state index >= 15 is 0 Å². The van der Waals surface area contributed by atoms with Crippen LogP contribution in [0.3, 0.4) is 0 Å². The van der Waals surface area contributed by atoms with E-state index in [1.807, 2.05) is 0 Å². The van der Waals surface area contributed by atoms with Gasteiger partial charge < -0.3 is 5.11 Å². The number of carboxylic acid groups (broad SMARTS) is 1. The minimum Gasteiger partial charge on any atom is -0.480 e. The topological polar surface area (TPSA) is 61.4 Å². The molecule has 0 spiro atoms. The van der Waals surface area contributed by atoms with Crippen molar-refractivity contribution >= 4 is 5.97 Å². The number of carboxylic acids is 1. The molecular formula is C11H12F2N2O2. The molecule has 4 nitrogen and oxygen atoms in total. The van der Waals surface area contributed by atoms with Crippen LogP contribution < -0.4 is 10.9 Å². The monoisotopic (exact) mass is 242 g/mol. The van der Waals surface area contributed by atoms with Crippen molar-refractivity contribution in [2.24, 2.45) is 0 Å². The highest BCUT2D eigenvalue weighted by molar-refractivity contribution is 5.75. The van der Waals surface area contributed by atoms with E-state index in [0.717, 1.165) is 12.1 Å². The van der Waals surface area contributed by atoms with E-state index in [2.05, 4.69) is 10.9 Å². The first-order valence-electron chi connectivity index (χ1n) is 5.19. The lowest BCUT2D eigenvalue weighted by atomic mass is 9.87. The van der Waals surface area contributed by atoms with Crippen molar-refractivity contribution in [1.82, 2.24) is 10.9 Å². The molecule has 0 aromatic heterocycles. The van der Waals surface area contributed by atoms with Gasteiger partial charge in [-0.15, -0.1) is 0 Å². The van der Waals surface area contributed by atoms with Crippen LogP contribution in [0.4, 0.5) is 8.78 Å². The van der Waals surface area contributed by atoms with Crippen molar-refractivity contribution < 1.29 is 18.7 Å². The predicted octanol–water partition coefficient (Wildman–Crippen LogP) is 0.998. The SMILES string of the molecule is CC1NNC(C(=O)O)C1c1ccc(F)cc1F. The molecule has 3 N–H and O–H groups in total. The smallest absolute Gasteiger partial charge is 0.322 e. The van der Waals surface area contributed by atoms with Crippen LogP contribution in [0.2, 0.25) is 0 Å². The Labute approximate surface area is 96.6 Å². The fourth-order valence-corrected chi connectivity index (χ4v) is 2.13. The number of halogens is 2. The van der Waals surface area contributed by atoms with Crippen molar-refractivity contribution in [2.45, 2.75) is 24.9 Å². The minimum absolute atomic E-state index is 0.198. The highest BCUT2D eigenvalue weighted by atomic mass is 19.1. The number of hydrogen-bond donors (Lipinski definition) is 3. The van der Waals surface area contributed by atoms with E-state index in [9.17, 15) is 13.6 Å². The fourth-order valence-electron chi connectivity index (χ4n) is 2.13. The van der Waals surface area contributed by atoms with Crippen LogP contribution in [0.5, 0.6) is 0 Å². The molecule has 6 heteroatoms. The summed E-state index contributed by atoms with van der Waals surface area (Å²) in [6.45, 7) is 1.74. The third-order valence-corrected chi connectivity index (χ3v) is 2.95. The van der Waals surface area contributed by atoms with Crippen molar-refractivity contribution in [2.75, 3.05) is 0 Å². The summed E-state index contributed by atoms with van der Waals surface area (Å²) in [5.41, 5.74) is 5.53. The first kappa shape index (κ1) is 11.9. The van der Waals surface area contributed by atoms with Crippen molar-refractivity contribution in [3.63, 3.8) is 0 Å². The summed E-state index contributed by atoms with van der Waals surface area (Å²) in [6.07, 6.45) is 0. The maximum atomic E-state index is 13.6. The summed E-state index contributed by atoms with van der Waals surface area (Å²) in [7, 11) is 0. The highest BCUT2D eigenvalue weighted by Gasteiger charge is 2.40. The molecule has 1 aliphatic heterocycles. The number of rotatable bonds is 2. The van der Waals surface area contributed by atoms with E-state index in [1.165, 1.54) is 6.07 Å². The Morgan fingerprint density at radius 1 is 1.35 bits per heavy atom. The summed E-state index contributed by atoms with van der Waals surface area (Å²) in [4.78, 5) is 11.0. The zero-order valence-corrected chi connectivity index (χ0v) is 9.08. The Bertz CT molecular complexity index is 453. The third kappa shape index (κ3) is 2.13. The molecule has 1 saturated heterocycles. The van der Waals surface area contributed by atoms with E-state index in [0.29, 0.717) is 0 Å². The molecule has 3 unspecified atom stereocenters. The van der Waals surface area contributed by atoms with Crippen molar-refractivity contribution in [3.05, 3.63) is 35.4 Å². The second-order valence-corrected chi connectivity index (χ2v) is 4.08. The molecule has 0 radical (unpaired) electrons. The Hall–Kier alpha value is -1.53. The summed E-state index contributed by atoms with van der Waals surface area (Å²) in [6, 6.07) is 2.00. The fraction of sp³-hybridized carbons (Fsp3) is 0.364. The van der Waals surface area contributed by atoms with Gasteiger partial charge in [0.25, 0.3) is 0 Å². The molecule has 0 amide bonds. The second-order valence-electron chi connectivity index (χ2n) is 4.08. The zero-order valence-electron chi connectivity index (χ0n) is 9.08. The van der Waals surface area contributed by atoms with E-state index in [-0.39, 0.29) is 11.6 Å². The summed E-state index contributed by atoms with van der Waals surface area (Å²) < 4.78 is 26.4. The second kappa shape index (κ2) is 4.38. The zero-order chi connectivity index (χ0) is 12.6. The lowest BCUT2D eigenvalue weighted by Gasteiger charge is -2.18. The molecule has 1 aliphatic rings. The van der Waals surface area contributed by atoms with Crippen LogP contribution in [0.1, 0.15) is 18.4 Å². The molecule has 3 atom stereocenters. The van der Waals surface area contributed by atoms with Crippen molar-refractivity contribution in [3.8, 4) is 0 Å². The molecule has 0 saturated carbocycles. The number of benzene rings is 1. The van der Waals surface area contributed by atoms with Gasteiger partial charge in [0, 0.05) is 18.0 Å². The Morgan fingerprint density at radius 3 is 2.65 bits per heavy atom. The lowest BCUT2D eigenvalue weighted by molar-refractivity contribution is -0.139. The minimum atomic E-state index is -1.07. The maximum absolute atomic E-state index is 13.6. The van der Waals surface area contributed by atoms with Crippen LogP contribution >= 0.6 is 0 Å². The van der Waals surface area contributed by atoms with Gasteiger partial charge in [-0.1, -0.05) is 6.07 Å². The van der Waals surface area contributed by atoms with Gasteiger partial charge in [-0.2, -0.15) is 0 Å². The quantitative estimate of drug-likeness (QED) is 0.724. The Morgan fingerprint density at radius 2 is 2.06 bits per heavy atom.